The number of benzene rings is 2. The smallest absolute Gasteiger partial charge is 0.317 e. The molecule has 0 unspecified atom stereocenters. The number of methoxy groups -OCH3 is 1. The van der Waals surface area contributed by atoms with Crippen molar-refractivity contribution in [3.05, 3.63) is 53.6 Å². The second kappa shape index (κ2) is 10.3. The Kier molecular flexibility index (Phi) is 7.79. The van der Waals surface area contributed by atoms with Crippen molar-refractivity contribution < 1.29 is 19.0 Å². The molecule has 0 saturated carbocycles. The van der Waals surface area contributed by atoms with Gasteiger partial charge in [0.1, 0.15) is 12.4 Å². The number of hydrogen-bond donors (Lipinski definition) is 1. The van der Waals surface area contributed by atoms with Crippen molar-refractivity contribution in [2.24, 2.45) is 0 Å². The number of rotatable bonds is 9. The summed E-state index contributed by atoms with van der Waals surface area (Å²) in [5.74, 6) is 2.16. The Labute approximate surface area is 161 Å². The third kappa shape index (κ3) is 6.40. The number of carbonyl (C=O) groups excluding carboxylic acids is 1. The molecule has 0 aliphatic heterocycles. The SMILES string of the molecule is CCOc1ccc(CN(C)C(=O)NCCOc2cccc(C)c2)cc1OC. The normalized spacial score (nSPS) is 10.2. The summed E-state index contributed by atoms with van der Waals surface area (Å²) in [6, 6.07) is 13.3. The van der Waals surface area contributed by atoms with Crippen molar-refractivity contribution in [1.29, 1.82) is 0 Å². The fourth-order valence-corrected chi connectivity index (χ4v) is 2.60. The molecule has 1 N–H and O–H groups in total. The van der Waals surface area contributed by atoms with E-state index in [4.69, 9.17) is 14.2 Å². The Morgan fingerprint density at radius 2 is 1.93 bits per heavy atom. The Balaban J connectivity index is 1.79. The molecule has 2 rings (SSSR count). The van der Waals surface area contributed by atoms with Gasteiger partial charge in [0.15, 0.2) is 11.5 Å². The third-order valence-electron chi connectivity index (χ3n) is 3.93. The summed E-state index contributed by atoms with van der Waals surface area (Å²) in [6.07, 6.45) is 0. The Morgan fingerprint density at radius 1 is 1.11 bits per heavy atom. The molecule has 27 heavy (non-hydrogen) atoms. The second-order valence-corrected chi connectivity index (χ2v) is 6.17. The van der Waals surface area contributed by atoms with Gasteiger partial charge in [-0.3, -0.25) is 0 Å². The van der Waals surface area contributed by atoms with Gasteiger partial charge in [0.25, 0.3) is 0 Å². The second-order valence-electron chi connectivity index (χ2n) is 6.17. The summed E-state index contributed by atoms with van der Waals surface area (Å²) < 4.78 is 16.5. The number of carbonyl (C=O) groups is 1. The van der Waals surface area contributed by atoms with E-state index in [2.05, 4.69) is 5.32 Å². The molecule has 146 valence electrons. The molecule has 2 aromatic rings. The first-order valence-corrected chi connectivity index (χ1v) is 9.01. The lowest BCUT2D eigenvalue weighted by atomic mass is 10.2. The molecular weight excluding hydrogens is 344 g/mol. The summed E-state index contributed by atoms with van der Waals surface area (Å²) in [4.78, 5) is 13.9. The standard InChI is InChI=1S/C21H28N2O4/c1-5-26-19-10-9-17(14-20(19)25-4)15-23(3)21(24)22-11-12-27-18-8-6-7-16(2)13-18/h6-10,13-14H,5,11-12,15H2,1-4H3,(H,22,24). The van der Waals surface area contributed by atoms with Crippen molar-refractivity contribution in [3.8, 4) is 17.2 Å². The largest absolute Gasteiger partial charge is 0.493 e. The molecule has 6 heteroatoms. The van der Waals surface area contributed by atoms with Crippen LogP contribution in [0, 0.1) is 6.92 Å². The summed E-state index contributed by atoms with van der Waals surface area (Å²) in [7, 11) is 3.35. The average Bonchev–Trinajstić information content (AvgIpc) is 2.66. The zero-order valence-electron chi connectivity index (χ0n) is 16.5. The lowest BCUT2D eigenvalue weighted by Gasteiger charge is -2.19. The fourth-order valence-electron chi connectivity index (χ4n) is 2.60. The summed E-state index contributed by atoms with van der Waals surface area (Å²) >= 11 is 0. The first-order chi connectivity index (χ1) is 13.0. The van der Waals surface area contributed by atoms with Crippen molar-refractivity contribution in [2.75, 3.05) is 33.9 Å². The Bertz CT molecular complexity index is 749. The van der Waals surface area contributed by atoms with Crippen LogP contribution in [0.4, 0.5) is 4.79 Å². The number of hydrogen-bond acceptors (Lipinski definition) is 4. The number of aryl methyl sites for hydroxylation is 1. The Hall–Kier alpha value is -2.89. The van der Waals surface area contributed by atoms with Gasteiger partial charge in [0.2, 0.25) is 0 Å². The maximum Gasteiger partial charge on any atom is 0.317 e. The number of nitrogens with one attached hydrogen (secondary N) is 1. The molecule has 6 nitrogen and oxygen atoms in total. The van der Waals surface area contributed by atoms with Crippen molar-refractivity contribution in [1.82, 2.24) is 10.2 Å². The van der Waals surface area contributed by atoms with E-state index in [1.54, 1.807) is 19.1 Å². The average molecular weight is 372 g/mol. The van der Waals surface area contributed by atoms with Crippen LogP contribution in [-0.2, 0) is 6.54 Å². The molecule has 2 aromatic carbocycles. The highest BCUT2D eigenvalue weighted by molar-refractivity contribution is 5.73. The molecular formula is C21H28N2O4. The molecule has 0 radical (unpaired) electrons. The van der Waals surface area contributed by atoms with Crippen LogP contribution in [0.3, 0.4) is 0 Å². The van der Waals surface area contributed by atoms with Crippen LogP contribution in [0.25, 0.3) is 0 Å². The van der Waals surface area contributed by atoms with Gasteiger partial charge in [-0.05, 0) is 49.2 Å². The lowest BCUT2D eigenvalue weighted by Crippen LogP contribution is -2.38. The van der Waals surface area contributed by atoms with Crippen LogP contribution in [-0.4, -0.2) is 44.8 Å². The molecule has 2 amide bonds. The van der Waals surface area contributed by atoms with Gasteiger partial charge < -0.3 is 24.4 Å². The van der Waals surface area contributed by atoms with E-state index < -0.39 is 0 Å². The summed E-state index contributed by atoms with van der Waals surface area (Å²) in [5, 5.41) is 2.85. The molecule has 0 aromatic heterocycles. The van der Waals surface area contributed by atoms with Crippen LogP contribution >= 0.6 is 0 Å². The minimum Gasteiger partial charge on any atom is -0.493 e. The number of urea groups is 1. The number of nitrogens with zero attached hydrogens (tertiary/aromatic N) is 1. The van der Waals surface area contributed by atoms with Crippen LogP contribution in [0.5, 0.6) is 17.2 Å². The molecule has 0 bridgehead atoms. The van der Waals surface area contributed by atoms with E-state index in [-0.39, 0.29) is 6.03 Å². The monoisotopic (exact) mass is 372 g/mol. The molecule has 0 atom stereocenters. The van der Waals surface area contributed by atoms with E-state index >= 15 is 0 Å². The fraction of sp³-hybridized carbons (Fsp3) is 0.381. The molecule has 0 heterocycles. The first kappa shape index (κ1) is 20.4. The Morgan fingerprint density at radius 3 is 2.63 bits per heavy atom. The molecule has 0 fully saturated rings. The maximum absolute atomic E-state index is 12.2. The van der Waals surface area contributed by atoms with E-state index in [9.17, 15) is 4.79 Å². The lowest BCUT2D eigenvalue weighted by molar-refractivity contribution is 0.203. The minimum absolute atomic E-state index is 0.157. The number of ether oxygens (including phenoxy) is 3. The molecule has 0 saturated heterocycles. The van der Waals surface area contributed by atoms with Crippen LogP contribution in [0.2, 0.25) is 0 Å². The van der Waals surface area contributed by atoms with Gasteiger partial charge in [-0.25, -0.2) is 4.79 Å². The predicted molar refractivity (Wildman–Crippen MR) is 106 cm³/mol. The maximum atomic E-state index is 12.2. The van der Waals surface area contributed by atoms with E-state index in [0.29, 0.717) is 37.8 Å². The van der Waals surface area contributed by atoms with Crippen molar-refractivity contribution in [3.63, 3.8) is 0 Å². The van der Waals surface area contributed by atoms with Gasteiger partial charge in [-0.1, -0.05) is 18.2 Å². The topological polar surface area (TPSA) is 60.0 Å². The van der Waals surface area contributed by atoms with Gasteiger partial charge in [-0.2, -0.15) is 0 Å². The predicted octanol–water partition coefficient (Wildman–Crippen LogP) is 3.62. The zero-order chi connectivity index (χ0) is 19.6. The van der Waals surface area contributed by atoms with Gasteiger partial charge in [0.05, 0.1) is 20.3 Å². The highest BCUT2D eigenvalue weighted by atomic mass is 16.5. The van der Waals surface area contributed by atoms with Gasteiger partial charge in [-0.15, -0.1) is 0 Å². The van der Waals surface area contributed by atoms with Crippen LogP contribution < -0.4 is 19.5 Å². The molecule has 0 aliphatic carbocycles. The summed E-state index contributed by atoms with van der Waals surface area (Å²) in [6.45, 7) is 5.83. The minimum atomic E-state index is -0.157. The summed E-state index contributed by atoms with van der Waals surface area (Å²) in [5.41, 5.74) is 2.10. The zero-order valence-corrected chi connectivity index (χ0v) is 16.5. The molecule has 0 aliphatic rings. The first-order valence-electron chi connectivity index (χ1n) is 9.01. The highest BCUT2D eigenvalue weighted by Crippen LogP contribution is 2.28. The quantitative estimate of drug-likeness (QED) is 0.683. The van der Waals surface area contributed by atoms with E-state index in [0.717, 1.165) is 16.9 Å². The van der Waals surface area contributed by atoms with E-state index in [1.165, 1.54) is 0 Å². The van der Waals surface area contributed by atoms with E-state index in [1.807, 2.05) is 56.3 Å². The molecule has 0 spiro atoms. The van der Waals surface area contributed by atoms with Gasteiger partial charge >= 0.3 is 6.03 Å². The highest BCUT2D eigenvalue weighted by Gasteiger charge is 2.11. The number of amides is 2. The van der Waals surface area contributed by atoms with Crippen molar-refractivity contribution >= 4 is 6.03 Å². The third-order valence-corrected chi connectivity index (χ3v) is 3.93. The van der Waals surface area contributed by atoms with Gasteiger partial charge in [0, 0.05) is 13.6 Å². The van der Waals surface area contributed by atoms with Crippen LogP contribution in [0.15, 0.2) is 42.5 Å². The van der Waals surface area contributed by atoms with Crippen LogP contribution in [0.1, 0.15) is 18.1 Å². The van der Waals surface area contributed by atoms with Crippen molar-refractivity contribution in [2.45, 2.75) is 20.4 Å².